The first-order chi connectivity index (χ1) is 20.2. The highest BCUT2D eigenvalue weighted by Crippen LogP contribution is 2.33. The van der Waals surface area contributed by atoms with Crippen molar-refractivity contribution in [3.05, 3.63) is 95.0 Å². The van der Waals surface area contributed by atoms with Crippen molar-refractivity contribution in [2.45, 2.75) is 25.9 Å². The molecule has 9 nitrogen and oxygen atoms in total. The number of nitrogens with two attached hydrogens (primary N) is 1. The van der Waals surface area contributed by atoms with Crippen LogP contribution in [0.15, 0.2) is 78.9 Å². The van der Waals surface area contributed by atoms with Gasteiger partial charge in [-0.3, -0.25) is 14.5 Å². The van der Waals surface area contributed by atoms with Crippen molar-refractivity contribution < 1.29 is 22.7 Å². The number of ether oxygens (including phenoxy) is 2. The minimum atomic E-state index is -4.11. The Morgan fingerprint density at radius 1 is 1.10 bits per heavy atom. The Bertz CT molecular complexity index is 1520. The fourth-order valence-electron chi connectivity index (χ4n) is 4.69. The van der Waals surface area contributed by atoms with Crippen LogP contribution >= 0.6 is 11.6 Å². The van der Waals surface area contributed by atoms with Crippen molar-refractivity contribution >= 4 is 50.9 Å². The summed E-state index contributed by atoms with van der Waals surface area (Å²) < 4.78 is 38.9. The fraction of sp³-hybridized carbons (Fsp3) is 0.290. The monoisotopic (exact) mass is 610 g/mol. The van der Waals surface area contributed by atoms with Crippen LogP contribution in [0, 0.1) is 5.41 Å². The Labute approximate surface area is 252 Å². The zero-order valence-corrected chi connectivity index (χ0v) is 25.0. The number of amidine groups is 1. The SMILES string of the molecule is CCOC(=O)CS(=O)(=O)N(CC=Cc1cccc(C(=N)N)c1)c1ccc(OC2CCN(c3ccccc3)CC2)c(Cl)c1. The van der Waals surface area contributed by atoms with E-state index in [2.05, 4.69) is 17.0 Å². The lowest BCUT2D eigenvalue weighted by Gasteiger charge is -2.34. The van der Waals surface area contributed by atoms with Crippen LogP contribution < -0.4 is 19.7 Å². The molecule has 4 rings (SSSR count). The van der Waals surface area contributed by atoms with Gasteiger partial charge in [0, 0.05) is 37.2 Å². The standard InChI is InChI=1S/C31H35ClN4O5S/c1-2-40-30(37)22-42(38,39)36(17-7-9-23-8-6-10-24(20-23)31(33)34)26-13-14-29(28(32)21-26)41-27-15-18-35(19-16-27)25-11-4-3-5-12-25/h3-14,20-21,27H,2,15-19,22H2,1H3,(H3,33,34). The number of nitrogen functional groups attached to an aromatic ring is 1. The minimum absolute atomic E-state index is 0.0225. The van der Waals surface area contributed by atoms with Crippen LogP contribution in [-0.4, -0.2) is 58.3 Å². The van der Waals surface area contributed by atoms with Crippen LogP contribution in [0.4, 0.5) is 11.4 Å². The van der Waals surface area contributed by atoms with Crippen LogP contribution in [0.3, 0.4) is 0 Å². The molecule has 3 N–H and O–H groups in total. The van der Waals surface area contributed by atoms with E-state index in [0.717, 1.165) is 35.8 Å². The average molecular weight is 611 g/mol. The van der Waals surface area contributed by atoms with Gasteiger partial charge in [-0.1, -0.05) is 60.2 Å². The Morgan fingerprint density at radius 2 is 1.83 bits per heavy atom. The predicted molar refractivity (Wildman–Crippen MR) is 168 cm³/mol. The number of carbonyl (C=O) groups is 1. The first kappa shape index (κ1) is 30.9. The Kier molecular flexibility index (Phi) is 10.5. The summed E-state index contributed by atoms with van der Waals surface area (Å²) in [6, 6.07) is 22.1. The van der Waals surface area contributed by atoms with Crippen molar-refractivity contribution in [2.24, 2.45) is 5.73 Å². The van der Waals surface area contributed by atoms with Crippen molar-refractivity contribution in [1.82, 2.24) is 0 Å². The number of piperidine rings is 1. The molecule has 1 heterocycles. The number of anilines is 2. The zero-order chi connectivity index (χ0) is 30.1. The average Bonchev–Trinajstić information content (AvgIpc) is 2.97. The third-order valence-electron chi connectivity index (χ3n) is 6.78. The molecule has 1 aliphatic rings. The lowest BCUT2D eigenvalue weighted by atomic mass is 10.1. The lowest BCUT2D eigenvalue weighted by Crippen LogP contribution is -2.38. The number of esters is 1. The highest BCUT2D eigenvalue weighted by Gasteiger charge is 2.27. The molecule has 0 aromatic heterocycles. The number of rotatable bonds is 12. The largest absolute Gasteiger partial charge is 0.489 e. The topological polar surface area (TPSA) is 126 Å². The van der Waals surface area contributed by atoms with E-state index in [1.807, 2.05) is 24.3 Å². The molecule has 0 aliphatic carbocycles. The maximum absolute atomic E-state index is 13.3. The molecule has 3 aromatic carbocycles. The Morgan fingerprint density at radius 3 is 2.50 bits per heavy atom. The fourth-order valence-corrected chi connectivity index (χ4v) is 6.20. The second kappa shape index (κ2) is 14.2. The van der Waals surface area contributed by atoms with E-state index < -0.39 is 21.7 Å². The van der Waals surface area contributed by atoms with Crippen LogP contribution in [0.1, 0.15) is 30.9 Å². The number of hydrogen-bond acceptors (Lipinski definition) is 7. The first-order valence-corrected chi connectivity index (χ1v) is 15.7. The van der Waals surface area contributed by atoms with E-state index in [-0.39, 0.29) is 35.8 Å². The molecule has 0 unspecified atom stereocenters. The van der Waals surface area contributed by atoms with Crippen LogP contribution in [0.5, 0.6) is 5.75 Å². The van der Waals surface area contributed by atoms with Gasteiger partial charge in [0.15, 0.2) is 5.75 Å². The van der Waals surface area contributed by atoms with Crippen molar-refractivity contribution in [3.63, 3.8) is 0 Å². The van der Waals surface area contributed by atoms with Gasteiger partial charge in [0.2, 0.25) is 10.0 Å². The molecule has 42 heavy (non-hydrogen) atoms. The number of nitrogens with zero attached hydrogens (tertiary/aromatic N) is 2. The lowest BCUT2D eigenvalue weighted by molar-refractivity contribution is -0.139. The first-order valence-electron chi connectivity index (χ1n) is 13.7. The molecule has 222 valence electrons. The molecular weight excluding hydrogens is 576 g/mol. The van der Waals surface area contributed by atoms with Crippen LogP contribution in [-0.2, 0) is 19.6 Å². The van der Waals surface area contributed by atoms with E-state index >= 15 is 0 Å². The normalized spacial score (nSPS) is 14.1. The highest BCUT2D eigenvalue weighted by molar-refractivity contribution is 7.93. The summed E-state index contributed by atoms with van der Waals surface area (Å²) >= 11 is 6.60. The van der Waals surface area contributed by atoms with Gasteiger partial charge in [0.1, 0.15) is 17.7 Å². The third-order valence-corrected chi connectivity index (χ3v) is 8.71. The minimum Gasteiger partial charge on any atom is -0.489 e. The van der Waals surface area contributed by atoms with E-state index in [4.69, 9.17) is 32.2 Å². The summed E-state index contributed by atoms with van der Waals surface area (Å²) in [4.78, 5) is 14.4. The maximum atomic E-state index is 13.3. The number of sulfonamides is 1. The summed E-state index contributed by atoms with van der Waals surface area (Å²) in [5, 5.41) is 7.90. The molecule has 3 aromatic rings. The molecule has 1 aliphatic heterocycles. The smallest absolute Gasteiger partial charge is 0.323 e. The number of halogens is 1. The summed E-state index contributed by atoms with van der Waals surface area (Å²) in [6.07, 6.45) is 5.00. The van der Waals surface area contributed by atoms with E-state index in [1.54, 1.807) is 49.4 Å². The number of carbonyl (C=O) groups excluding carboxylic acids is 1. The second-order valence-electron chi connectivity index (χ2n) is 9.79. The van der Waals surface area contributed by atoms with Gasteiger partial charge >= 0.3 is 5.97 Å². The number of hydrogen-bond donors (Lipinski definition) is 2. The zero-order valence-electron chi connectivity index (χ0n) is 23.4. The van der Waals surface area contributed by atoms with Gasteiger partial charge < -0.3 is 20.1 Å². The van der Waals surface area contributed by atoms with Gasteiger partial charge in [-0.05, 0) is 48.9 Å². The van der Waals surface area contributed by atoms with Gasteiger partial charge in [0.25, 0.3) is 0 Å². The molecule has 0 bridgehead atoms. The van der Waals surface area contributed by atoms with Crippen LogP contribution in [0.2, 0.25) is 5.02 Å². The summed E-state index contributed by atoms with van der Waals surface area (Å²) in [5.41, 5.74) is 8.35. The molecule has 1 saturated heterocycles. The van der Waals surface area contributed by atoms with E-state index in [9.17, 15) is 13.2 Å². The Hall–Kier alpha value is -4.02. The molecule has 0 amide bonds. The Balaban J connectivity index is 1.49. The molecule has 0 saturated carbocycles. The third kappa shape index (κ3) is 8.27. The summed E-state index contributed by atoms with van der Waals surface area (Å²) in [7, 11) is -4.11. The van der Waals surface area contributed by atoms with E-state index in [0.29, 0.717) is 11.3 Å². The van der Waals surface area contributed by atoms with Gasteiger partial charge in [-0.25, -0.2) is 8.42 Å². The quantitative estimate of drug-likeness (QED) is 0.166. The van der Waals surface area contributed by atoms with E-state index in [1.165, 1.54) is 11.8 Å². The number of para-hydroxylation sites is 1. The van der Waals surface area contributed by atoms with Gasteiger partial charge in [0.05, 0.1) is 23.9 Å². The molecule has 0 radical (unpaired) electrons. The molecular formula is C31H35ClN4O5S. The molecule has 11 heteroatoms. The summed E-state index contributed by atoms with van der Waals surface area (Å²) in [6.45, 7) is 3.32. The summed E-state index contributed by atoms with van der Waals surface area (Å²) in [5.74, 6) is -1.25. The van der Waals surface area contributed by atoms with Gasteiger partial charge in [-0.15, -0.1) is 0 Å². The van der Waals surface area contributed by atoms with Crippen molar-refractivity contribution in [3.8, 4) is 5.75 Å². The molecule has 0 spiro atoms. The second-order valence-corrected chi connectivity index (χ2v) is 12.1. The number of benzene rings is 3. The van der Waals surface area contributed by atoms with Crippen LogP contribution in [0.25, 0.3) is 6.08 Å². The molecule has 0 atom stereocenters. The van der Waals surface area contributed by atoms with Crippen molar-refractivity contribution in [2.75, 3.05) is 41.2 Å². The highest BCUT2D eigenvalue weighted by atomic mass is 35.5. The number of nitrogens with one attached hydrogen (secondary N) is 1. The van der Waals surface area contributed by atoms with Crippen molar-refractivity contribution in [1.29, 1.82) is 5.41 Å². The maximum Gasteiger partial charge on any atom is 0.323 e. The van der Waals surface area contributed by atoms with Gasteiger partial charge in [-0.2, -0.15) is 0 Å². The molecule has 1 fully saturated rings. The predicted octanol–water partition coefficient (Wildman–Crippen LogP) is 5.08.